The number of benzene rings is 1. The van der Waals surface area contributed by atoms with Crippen molar-refractivity contribution in [2.45, 2.75) is 51.1 Å². The predicted octanol–water partition coefficient (Wildman–Crippen LogP) is 3.45. The Bertz CT molecular complexity index is 526. The fraction of sp³-hybridized carbons (Fsp3) is 0.611. The van der Waals surface area contributed by atoms with Crippen LogP contribution in [0, 0.1) is 12.8 Å². The molecule has 2 aliphatic rings. The Morgan fingerprint density at radius 3 is 2.52 bits per heavy atom. The molecular weight excluding hydrogens is 262 g/mol. The van der Waals surface area contributed by atoms with Crippen LogP contribution in [0.25, 0.3) is 0 Å². The van der Waals surface area contributed by atoms with Gasteiger partial charge >= 0.3 is 0 Å². The monoisotopic (exact) mass is 287 g/mol. The van der Waals surface area contributed by atoms with E-state index in [1.807, 2.05) is 25.1 Å². The molecular formula is C18H25NO2. The van der Waals surface area contributed by atoms with Crippen LogP contribution in [0.15, 0.2) is 18.2 Å². The standard InChI is InChI=1S/C18H25NO2/c1-12-7-8-17(21-3)16(9-12)18(20)13-10-14-5-4-6-15(11-13)19(14)2/h7-9,13-15H,4-6,10-11H2,1-3H3. The zero-order chi connectivity index (χ0) is 15.0. The van der Waals surface area contributed by atoms with E-state index in [1.165, 1.54) is 19.3 Å². The smallest absolute Gasteiger partial charge is 0.169 e. The summed E-state index contributed by atoms with van der Waals surface area (Å²) in [6.07, 6.45) is 5.80. The molecule has 2 aliphatic heterocycles. The lowest BCUT2D eigenvalue weighted by atomic mass is 9.76. The highest BCUT2D eigenvalue weighted by Crippen LogP contribution is 2.38. The number of fused-ring (bicyclic) bond motifs is 2. The van der Waals surface area contributed by atoms with Crippen LogP contribution in [-0.4, -0.2) is 36.9 Å². The van der Waals surface area contributed by atoms with Gasteiger partial charge < -0.3 is 9.64 Å². The summed E-state index contributed by atoms with van der Waals surface area (Å²) in [5.41, 5.74) is 1.89. The molecule has 3 heteroatoms. The van der Waals surface area contributed by atoms with Crippen LogP contribution in [0.4, 0.5) is 0 Å². The van der Waals surface area contributed by atoms with Crippen LogP contribution in [0.1, 0.15) is 48.0 Å². The van der Waals surface area contributed by atoms with Gasteiger partial charge in [-0.05, 0) is 51.8 Å². The molecule has 0 aromatic heterocycles. The molecule has 2 fully saturated rings. The van der Waals surface area contributed by atoms with E-state index in [9.17, 15) is 4.79 Å². The van der Waals surface area contributed by atoms with Crippen LogP contribution in [0.2, 0.25) is 0 Å². The highest BCUT2D eigenvalue weighted by Gasteiger charge is 2.39. The van der Waals surface area contributed by atoms with Crippen molar-refractivity contribution in [3.8, 4) is 5.75 Å². The van der Waals surface area contributed by atoms with Crippen molar-refractivity contribution >= 4 is 5.78 Å². The van der Waals surface area contributed by atoms with E-state index in [0.717, 1.165) is 29.7 Å². The third-order valence-electron chi connectivity index (χ3n) is 5.33. The molecule has 0 saturated carbocycles. The molecule has 3 nitrogen and oxygen atoms in total. The Labute approximate surface area is 127 Å². The molecule has 1 aromatic rings. The number of aryl methyl sites for hydroxylation is 1. The minimum Gasteiger partial charge on any atom is -0.496 e. The largest absolute Gasteiger partial charge is 0.496 e. The molecule has 1 aromatic carbocycles. The Kier molecular flexibility index (Phi) is 4.03. The summed E-state index contributed by atoms with van der Waals surface area (Å²) in [5, 5.41) is 0. The van der Waals surface area contributed by atoms with Crippen molar-refractivity contribution in [2.24, 2.45) is 5.92 Å². The van der Waals surface area contributed by atoms with Gasteiger partial charge in [0.15, 0.2) is 5.78 Å². The highest BCUT2D eigenvalue weighted by molar-refractivity contribution is 6.00. The summed E-state index contributed by atoms with van der Waals surface area (Å²) in [5.74, 6) is 1.16. The zero-order valence-corrected chi connectivity index (χ0v) is 13.3. The summed E-state index contributed by atoms with van der Waals surface area (Å²) >= 11 is 0. The Hall–Kier alpha value is -1.35. The quantitative estimate of drug-likeness (QED) is 0.798. The second-order valence-corrected chi connectivity index (χ2v) is 6.64. The SMILES string of the molecule is COc1ccc(C)cc1C(=O)C1CC2CCCC(C1)N2C. The fourth-order valence-electron chi connectivity index (χ4n) is 4.06. The molecule has 2 heterocycles. The summed E-state index contributed by atoms with van der Waals surface area (Å²) in [4.78, 5) is 15.5. The number of carbonyl (C=O) groups excluding carboxylic acids is 1. The average molecular weight is 287 g/mol. The van der Waals surface area contributed by atoms with Gasteiger partial charge in [-0.1, -0.05) is 18.1 Å². The summed E-state index contributed by atoms with van der Waals surface area (Å²) in [6.45, 7) is 2.03. The average Bonchev–Trinajstić information content (AvgIpc) is 2.46. The van der Waals surface area contributed by atoms with E-state index in [0.29, 0.717) is 12.1 Å². The molecule has 0 radical (unpaired) electrons. The van der Waals surface area contributed by atoms with Crippen LogP contribution in [0.3, 0.4) is 0 Å². The molecule has 0 amide bonds. The molecule has 114 valence electrons. The highest BCUT2D eigenvalue weighted by atomic mass is 16.5. The normalized spacial score (nSPS) is 29.2. The van der Waals surface area contributed by atoms with Crippen molar-refractivity contribution in [1.82, 2.24) is 4.90 Å². The molecule has 2 unspecified atom stereocenters. The first kappa shape index (κ1) is 14.6. The number of nitrogens with zero attached hydrogens (tertiary/aromatic N) is 1. The summed E-state index contributed by atoms with van der Waals surface area (Å²) in [6, 6.07) is 7.07. The van der Waals surface area contributed by atoms with Crippen molar-refractivity contribution < 1.29 is 9.53 Å². The van der Waals surface area contributed by atoms with Crippen molar-refractivity contribution in [3.05, 3.63) is 29.3 Å². The first-order chi connectivity index (χ1) is 10.1. The van der Waals surface area contributed by atoms with Gasteiger partial charge in [-0.3, -0.25) is 4.79 Å². The third-order valence-corrected chi connectivity index (χ3v) is 5.33. The van der Waals surface area contributed by atoms with Gasteiger partial charge in [-0.2, -0.15) is 0 Å². The number of ketones is 1. The number of ether oxygens (including phenoxy) is 1. The van der Waals surface area contributed by atoms with E-state index >= 15 is 0 Å². The van der Waals surface area contributed by atoms with Crippen molar-refractivity contribution in [1.29, 1.82) is 0 Å². The number of hydrogen-bond acceptors (Lipinski definition) is 3. The lowest BCUT2D eigenvalue weighted by Gasteiger charge is -2.46. The van der Waals surface area contributed by atoms with Crippen LogP contribution in [-0.2, 0) is 0 Å². The number of hydrogen-bond donors (Lipinski definition) is 0. The maximum absolute atomic E-state index is 13.0. The third kappa shape index (κ3) is 2.71. The van der Waals surface area contributed by atoms with Gasteiger partial charge in [0, 0.05) is 18.0 Å². The van der Waals surface area contributed by atoms with Crippen LogP contribution < -0.4 is 4.74 Å². The first-order valence-electron chi connectivity index (χ1n) is 8.01. The number of carbonyl (C=O) groups is 1. The molecule has 0 aliphatic carbocycles. The van der Waals surface area contributed by atoms with E-state index in [2.05, 4.69) is 11.9 Å². The minimum absolute atomic E-state index is 0.159. The number of Topliss-reactive ketones (excluding diaryl/α,β-unsaturated/α-hetero) is 1. The van der Waals surface area contributed by atoms with E-state index in [1.54, 1.807) is 7.11 Å². The lowest BCUT2D eigenvalue weighted by molar-refractivity contribution is 0.0337. The maximum Gasteiger partial charge on any atom is 0.169 e. The van der Waals surface area contributed by atoms with Gasteiger partial charge in [0.1, 0.15) is 5.75 Å². The van der Waals surface area contributed by atoms with E-state index in [4.69, 9.17) is 4.74 Å². The Morgan fingerprint density at radius 2 is 1.90 bits per heavy atom. The zero-order valence-electron chi connectivity index (χ0n) is 13.3. The topological polar surface area (TPSA) is 29.5 Å². The van der Waals surface area contributed by atoms with Crippen LogP contribution in [0.5, 0.6) is 5.75 Å². The second-order valence-electron chi connectivity index (χ2n) is 6.64. The number of rotatable bonds is 3. The van der Waals surface area contributed by atoms with Gasteiger partial charge in [-0.25, -0.2) is 0 Å². The van der Waals surface area contributed by atoms with E-state index < -0.39 is 0 Å². The molecule has 21 heavy (non-hydrogen) atoms. The van der Waals surface area contributed by atoms with Gasteiger partial charge in [-0.15, -0.1) is 0 Å². The van der Waals surface area contributed by atoms with E-state index in [-0.39, 0.29) is 11.7 Å². The molecule has 2 saturated heterocycles. The van der Waals surface area contributed by atoms with Crippen molar-refractivity contribution in [2.75, 3.05) is 14.2 Å². The van der Waals surface area contributed by atoms with Gasteiger partial charge in [0.2, 0.25) is 0 Å². The number of piperidine rings is 2. The molecule has 2 bridgehead atoms. The van der Waals surface area contributed by atoms with Gasteiger partial charge in [0.05, 0.1) is 12.7 Å². The number of methoxy groups -OCH3 is 1. The fourth-order valence-corrected chi connectivity index (χ4v) is 4.06. The summed E-state index contributed by atoms with van der Waals surface area (Å²) < 4.78 is 5.40. The molecule has 3 rings (SSSR count). The van der Waals surface area contributed by atoms with Gasteiger partial charge in [0.25, 0.3) is 0 Å². The van der Waals surface area contributed by atoms with Crippen LogP contribution >= 0.6 is 0 Å². The maximum atomic E-state index is 13.0. The minimum atomic E-state index is 0.159. The molecule has 2 atom stereocenters. The predicted molar refractivity (Wildman–Crippen MR) is 84.0 cm³/mol. The second kappa shape index (κ2) is 5.80. The van der Waals surface area contributed by atoms with Crippen molar-refractivity contribution in [3.63, 3.8) is 0 Å². The molecule has 0 spiro atoms. The first-order valence-corrected chi connectivity index (χ1v) is 8.01. The Morgan fingerprint density at radius 1 is 1.24 bits per heavy atom. The Balaban J connectivity index is 1.84. The lowest BCUT2D eigenvalue weighted by Crippen LogP contribution is -2.51. The molecule has 0 N–H and O–H groups in total. The summed E-state index contributed by atoms with van der Waals surface area (Å²) in [7, 11) is 3.87.